The quantitative estimate of drug-likeness (QED) is 0.600. The molecule has 1 aromatic carbocycles. The average molecular weight is 389 g/mol. The normalized spacial score (nSPS) is 18.4. The van der Waals surface area contributed by atoms with Crippen LogP contribution in [0.4, 0.5) is 0 Å². The predicted molar refractivity (Wildman–Crippen MR) is 110 cm³/mol. The first kappa shape index (κ1) is 19.0. The molecule has 1 amide bonds. The van der Waals surface area contributed by atoms with Crippen molar-refractivity contribution in [3.63, 3.8) is 0 Å². The van der Waals surface area contributed by atoms with Crippen LogP contribution in [-0.2, 0) is 11.3 Å². The van der Waals surface area contributed by atoms with Crippen molar-refractivity contribution in [3.8, 4) is 17.0 Å². The van der Waals surface area contributed by atoms with Crippen LogP contribution in [0.1, 0.15) is 23.6 Å². The van der Waals surface area contributed by atoms with Gasteiger partial charge in [-0.1, -0.05) is 24.3 Å². The molecule has 0 radical (unpaired) electrons. The molecule has 2 aromatic heterocycles. The van der Waals surface area contributed by atoms with Crippen LogP contribution < -0.4 is 20.9 Å². The Morgan fingerprint density at radius 2 is 2.00 bits per heavy atom. The van der Waals surface area contributed by atoms with Gasteiger partial charge in [0.25, 0.3) is 0 Å². The summed E-state index contributed by atoms with van der Waals surface area (Å²) in [5.74, 6) is 0.750. The molecular formula is C22H23N5O2. The molecule has 0 aliphatic carbocycles. The van der Waals surface area contributed by atoms with Gasteiger partial charge >= 0.3 is 0 Å². The maximum atomic E-state index is 12.7. The minimum absolute atomic E-state index is 0.00578. The summed E-state index contributed by atoms with van der Waals surface area (Å²) in [7, 11) is 1.65. The number of hydrogen-bond donors (Lipinski definition) is 3. The number of aromatic nitrogens is 2. The van der Waals surface area contributed by atoms with Crippen molar-refractivity contribution in [3.05, 3.63) is 78.2 Å². The lowest BCUT2D eigenvalue weighted by atomic mass is 10.0. The van der Waals surface area contributed by atoms with Gasteiger partial charge in [0, 0.05) is 36.3 Å². The molecule has 7 nitrogen and oxygen atoms in total. The number of amides is 1. The van der Waals surface area contributed by atoms with Gasteiger partial charge in [-0.2, -0.15) is 0 Å². The second-order valence-corrected chi connectivity index (χ2v) is 6.84. The van der Waals surface area contributed by atoms with E-state index in [1.807, 2.05) is 48.5 Å². The van der Waals surface area contributed by atoms with Gasteiger partial charge in [-0.25, -0.2) is 10.9 Å². The lowest BCUT2D eigenvalue weighted by Gasteiger charge is -2.14. The molecule has 3 N–H and O–H groups in total. The first-order valence-electron chi connectivity index (χ1n) is 9.52. The molecule has 148 valence electrons. The molecule has 1 aliphatic heterocycles. The third-order valence-electron chi connectivity index (χ3n) is 5.01. The van der Waals surface area contributed by atoms with Crippen molar-refractivity contribution in [2.75, 3.05) is 7.11 Å². The number of nitrogens with one attached hydrogen (secondary N) is 3. The number of pyridine rings is 2. The Labute approximate surface area is 169 Å². The molecule has 1 aliphatic rings. The highest BCUT2D eigenvalue weighted by Gasteiger charge is 2.31. The molecule has 1 saturated heterocycles. The Morgan fingerprint density at radius 1 is 1.14 bits per heavy atom. The largest absolute Gasteiger partial charge is 0.496 e. The zero-order valence-corrected chi connectivity index (χ0v) is 16.1. The van der Waals surface area contributed by atoms with Crippen LogP contribution in [0.3, 0.4) is 0 Å². The van der Waals surface area contributed by atoms with Crippen LogP contribution in [0.25, 0.3) is 11.3 Å². The van der Waals surface area contributed by atoms with Crippen molar-refractivity contribution >= 4 is 5.91 Å². The summed E-state index contributed by atoms with van der Waals surface area (Å²) in [6, 6.07) is 15.2. The van der Waals surface area contributed by atoms with Crippen molar-refractivity contribution in [1.82, 2.24) is 26.1 Å². The lowest BCUT2D eigenvalue weighted by Crippen LogP contribution is -2.42. The molecule has 7 heteroatoms. The minimum atomic E-state index is -0.330. The third-order valence-corrected chi connectivity index (χ3v) is 5.01. The average Bonchev–Trinajstić information content (AvgIpc) is 3.28. The molecule has 2 unspecified atom stereocenters. The maximum Gasteiger partial charge on any atom is 0.238 e. The van der Waals surface area contributed by atoms with E-state index in [-0.39, 0.29) is 18.0 Å². The number of hydrogen-bond acceptors (Lipinski definition) is 6. The van der Waals surface area contributed by atoms with Crippen molar-refractivity contribution in [2.24, 2.45) is 0 Å². The van der Waals surface area contributed by atoms with E-state index in [0.717, 1.165) is 28.1 Å². The van der Waals surface area contributed by atoms with E-state index in [1.54, 1.807) is 25.7 Å². The summed E-state index contributed by atoms with van der Waals surface area (Å²) >= 11 is 0. The standard InChI is InChI=1S/C22H23N5O2/c1-29-20-9-3-2-8-17(20)18-12-19(27-26-18)22(28)25-14-16-7-5-11-24-21(16)15-6-4-10-23-13-15/h2-11,13,18-19,26-27H,12,14H2,1H3,(H,25,28). The number of methoxy groups -OCH3 is 1. The van der Waals surface area contributed by atoms with Gasteiger partial charge in [0.05, 0.1) is 18.8 Å². The lowest BCUT2D eigenvalue weighted by molar-refractivity contribution is -0.123. The molecule has 29 heavy (non-hydrogen) atoms. The summed E-state index contributed by atoms with van der Waals surface area (Å²) in [5, 5.41) is 3.02. The molecule has 0 bridgehead atoms. The fourth-order valence-corrected chi connectivity index (χ4v) is 3.54. The number of rotatable bonds is 6. The summed E-state index contributed by atoms with van der Waals surface area (Å²) in [6.07, 6.45) is 5.88. The molecule has 4 rings (SSSR count). The van der Waals surface area contributed by atoms with E-state index in [1.165, 1.54) is 0 Å². The van der Waals surface area contributed by atoms with Gasteiger partial charge in [0.2, 0.25) is 5.91 Å². The molecule has 0 saturated carbocycles. The van der Waals surface area contributed by atoms with Crippen molar-refractivity contribution in [1.29, 1.82) is 0 Å². The Balaban J connectivity index is 1.40. The maximum absolute atomic E-state index is 12.7. The zero-order valence-electron chi connectivity index (χ0n) is 16.1. The molecular weight excluding hydrogens is 366 g/mol. The second-order valence-electron chi connectivity index (χ2n) is 6.84. The fraction of sp³-hybridized carbons (Fsp3) is 0.227. The monoisotopic (exact) mass is 389 g/mol. The molecule has 3 heterocycles. The van der Waals surface area contributed by atoms with Crippen molar-refractivity contribution < 1.29 is 9.53 Å². The number of nitrogens with zero attached hydrogens (tertiary/aromatic N) is 2. The first-order chi connectivity index (χ1) is 14.3. The van der Waals surface area contributed by atoms with E-state index < -0.39 is 0 Å². The van der Waals surface area contributed by atoms with Gasteiger partial charge in [-0.3, -0.25) is 14.8 Å². The Hall–Kier alpha value is -3.29. The van der Waals surface area contributed by atoms with E-state index in [2.05, 4.69) is 26.1 Å². The second kappa shape index (κ2) is 8.81. The minimum Gasteiger partial charge on any atom is -0.496 e. The van der Waals surface area contributed by atoms with Crippen LogP contribution in [0.5, 0.6) is 5.75 Å². The number of benzene rings is 1. The number of carbonyl (C=O) groups excluding carboxylic acids is 1. The third kappa shape index (κ3) is 4.26. The van der Waals surface area contributed by atoms with Gasteiger partial charge in [-0.15, -0.1) is 0 Å². The summed E-state index contributed by atoms with van der Waals surface area (Å²) in [4.78, 5) is 21.3. The van der Waals surface area contributed by atoms with Crippen LogP contribution >= 0.6 is 0 Å². The molecule has 2 atom stereocenters. The fourth-order valence-electron chi connectivity index (χ4n) is 3.54. The van der Waals surface area contributed by atoms with Crippen molar-refractivity contribution in [2.45, 2.75) is 25.0 Å². The molecule has 3 aromatic rings. The Morgan fingerprint density at radius 3 is 2.83 bits per heavy atom. The Bertz CT molecular complexity index is 980. The van der Waals surface area contributed by atoms with Gasteiger partial charge in [-0.05, 0) is 36.2 Å². The van der Waals surface area contributed by atoms with Crippen LogP contribution in [0.15, 0.2) is 67.1 Å². The Kier molecular flexibility index (Phi) is 5.79. The number of ether oxygens (including phenoxy) is 1. The van der Waals surface area contributed by atoms with Gasteiger partial charge < -0.3 is 10.1 Å². The van der Waals surface area contributed by atoms with E-state index in [9.17, 15) is 4.79 Å². The zero-order chi connectivity index (χ0) is 20.1. The summed E-state index contributed by atoms with van der Waals surface area (Å²) in [6.45, 7) is 0.397. The van der Waals surface area contributed by atoms with Crippen LogP contribution in [-0.4, -0.2) is 29.0 Å². The van der Waals surface area contributed by atoms with Crippen LogP contribution in [0.2, 0.25) is 0 Å². The molecule has 0 spiro atoms. The highest BCUT2D eigenvalue weighted by Crippen LogP contribution is 2.30. The van der Waals surface area contributed by atoms with Gasteiger partial charge in [0.15, 0.2) is 0 Å². The summed E-state index contributed by atoms with van der Waals surface area (Å²) < 4.78 is 5.43. The first-order valence-corrected chi connectivity index (χ1v) is 9.52. The van der Waals surface area contributed by atoms with E-state index in [0.29, 0.717) is 13.0 Å². The highest BCUT2D eigenvalue weighted by molar-refractivity contribution is 5.82. The van der Waals surface area contributed by atoms with Crippen LogP contribution in [0, 0.1) is 0 Å². The summed E-state index contributed by atoms with van der Waals surface area (Å²) in [5.41, 5.74) is 10.0. The van der Waals surface area contributed by atoms with Gasteiger partial charge in [0.1, 0.15) is 11.8 Å². The number of para-hydroxylation sites is 1. The molecule has 1 fully saturated rings. The SMILES string of the molecule is COc1ccccc1C1CC(C(=O)NCc2cccnc2-c2cccnc2)NN1. The number of carbonyl (C=O) groups is 1. The van der Waals surface area contributed by atoms with E-state index in [4.69, 9.17) is 4.74 Å². The number of hydrazine groups is 1. The van der Waals surface area contributed by atoms with E-state index >= 15 is 0 Å². The topological polar surface area (TPSA) is 88.2 Å². The highest BCUT2D eigenvalue weighted by atomic mass is 16.5. The smallest absolute Gasteiger partial charge is 0.238 e. The predicted octanol–water partition coefficient (Wildman–Crippen LogP) is 2.38.